The maximum absolute atomic E-state index is 13.5. The molecule has 7 nitrogen and oxygen atoms in total. The number of nitrogens with zero attached hydrogens (tertiary/aromatic N) is 1. The van der Waals surface area contributed by atoms with Crippen LogP contribution in [0.2, 0.25) is 0 Å². The molecule has 0 unspecified atom stereocenters. The lowest BCUT2D eigenvalue weighted by molar-refractivity contribution is -0.116. The van der Waals surface area contributed by atoms with Crippen LogP contribution in [-0.2, 0) is 11.3 Å². The number of carboxylic acids is 1. The number of halogens is 1. The SMILES string of the molecule is COc1ccc(NC(=O)Cn2cc(C(=O)O)ccc2=O)cc1F. The van der Waals surface area contributed by atoms with Crippen molar-refractivity contribution in [2.75, 3.05) is 12.4 Å². The topological polar surface area (TPSA) is 97.6 Å². The van der Waals surface area contributed by atoms with Gasteiger partial charge in [0, 0.05) is 24.0 Å². The number of ether oxygens (including phenoxy) is 1. The van der Waals surface area contributed by atoms with E-state index in [1.807, 2.05) is 0 Å². The van der Waals surface area contributed by atoms with Crippen molar-refractivity contribution in [3.05, 3.63) is 58.3 Å². The van der Waals surface area contributed by atoms with Gasteiger partial charge in [0.05, 0.1) is 12.7 Å². The third-order valence-electron chi connectivity index (χ3n) is 2.98. The summed E-state index contributed by atoms with van der Waals surface area (Å²) in [5.41, 5.74) is -0.449. The van der Waals surface area contributed by atoms with E-state index < -0.39 is 29.8 Å². The second kappa shape index (κ2) is 6.73. The predicted molar refractivity (Wildman–Crippen MR) is 79.2 cm³/mol. The lowest BCUT2D eigenvalue weighted by Gasteiger charge is -2.09. The van der Waals surface area contributed by atoms with E-state index in [0.29, 0.717) is 0 Å². The van der Waals surface area contributed by atoms with Gasteiger partial charge in [-0.2, -0.15) is 0 Å². The first-order valence-electron chi connectivity index (χ1n) is 6.48. The number of methoxy groups -OCH3 is 1. The fourth-order valence-electron chi connectivity index (χ4n) is 1.88. The van der Waals surface area contributed by atoms with Gasteiger partial charge in [-0.1, -0.05) is 0 Å². The van der Waals surface area contributed by atoms with Gasteiger partial charge in [-0.25, -0.2) is 9.18 Å². The van der Waals surface area contributed by atoms with Gasteiger partial charge in [-0.15, -0.1) is 0 Å². The van der Waals surface area contributed by atoms with E-state index in [9.17, 15) is 18.8 Å². The number of amides is 1. The second-order valence-electron chi connectivity index (χ2n) is 4.59. The standard InChI is InChI=1S/C15H13FN2O5/c1-23-12-4-3-10(6-11(12)16)17-13(19)8-18-7-9(15(21)22)2-5-14(18)20/h2-7H,8H2,1H3,(H,17,19)(H,21,22). The summed E-state index contributed by atoms with van der Waals surface area (Å²) in [6.07, 6.45) is 1.07. The number of aromatic carboxylic acids is 1. The Hall–Kier alpha value is -3.16. The summed E-state index contributed by atoms with van der Waals surface area (Å²) in [7, 11) is 1.32. The summed E-state index contributed by atoms with van der Waals surface area (Å²) >= 11 is 0. The number of carboxylic acid groups (broad SMARTS) is 1. The molecule has 0 atom stereocenters. The average molecular weight is 320 g/mol. The first kappa shape index (κ1) is 16.2. The van der Waals surface area contributed by atoms with Crippen LogP contribution in [0.15, 0.2) is 41.3 Å². The molecule has 0 saturated carbocycles. The quantitative estimate of drug-likeness (QED) is 0.866. The smallest absolute Gasteiger partial charge is 0.337 e. The number of benzene rings is 1. The highest BCUT2D eigenvalue weighted by Gasteiger charge is 2.10. The van der Waals surface area contributed by atoms with E-state index in [1.54, 1.807) is 0 Å². The Balaban J connectivity index is 2.14. The number of rotatable bonds is 5. The molecule has 0 spiro atoms. The highest BCUT2D eigenvalue weighted by Crippen LogP contribution is 2.20. The molecule has 0 aliphatic rings. The van der Waals surface area contributed by atoms with Crippen LogP contribution in [0.25, 0.3) is 0 Å². The van der Waals surface area contributed by atoms with Gasteiger partial charge < -0.3 is 19.7 Å². The van der Waals surface area contributed by atoms with Crippen molar-refractivity contribution in [2.45, 2.75) is 6.54 Å². The van der Waals surface area contributed by atoms with Crippen molar-refractivity contribution in [3.63, 3.8) is 0 Å². The van der Waals surface area contributed by atoms with E-state index >= 15 is 0 Å². The van der Waals surface area contributed by atoms with Crippen molar-refractivity contribution in [1.82, 2.24) is 4.57 Å². The molecule has 0 aliphatic heterocycles. The first-order chi connectivity index (χ1) is 10.9. The summed E-state index contributed by atoms with van der Waals surface area (Å²) in [4.78, 5) is 34.4. The van der Waals surface area contributed by atoms with Gasteiger partial charge in [0.1, 0.15) is 6.54 Å². The van der Waals surface area contributed by atoms with Crippen molar-refractivity contribution in [2.24, 2.45) is 0 Å². The Bertz CT molecular complexity index is 816. The van der Waals surface area contributed by atoms with Crippen LogP contribution in [0.1, 0.15) is 10.4 Å². The number of hydrogen-bond acceptors (Lipinski definition) is 4. The molecule has 2 N–H and O–H groups in total. The highest BCUT2D eigenvalue weighted by molar-refractivity contribution is 5.91. The summed E-state index contributed by atoms with van der Waals surface area (Å²) in [5.74, 6) is -2.42. The first-order valence-corrected chi connectivity index (χ1v) is 6.48. The summed E-state index contributed by atoms with van der Waals surface area (Å²) < 4.78 is 19.3. The van der Waals surface area contributed by atoms with Crippen LogP contribution in [0.4, 0.5) is 10.1 Å². The van der Waals surface area contributed by atoms with E-state index in [-0.39, 0.29) is 17.0 Å². The molecule has 2 aromatic rings. The van der Waals surface area contributed by atoms with Crippen LogP contribution < -0.4 is 15.6 Å². The predicted octanol–water partition coefficient (Wildman–Crippen LogP) is 1.33. The average Bonchev–Trinajstić information content (AvgIpc) is 2.49. The van der Waals surface area contributed by atoms with Crippen LogP contribution in [0, 0.1) is 5.82 Å². The van der Waals surface area contributed by atoms with Crippen LogP contribution >= 0.6 is 0 Å². The molecule has 0 bridgehead atoms. The van der Waals surface area contributed by atoms with Gasteiger partial charge in [-0.3, -0.25) is 9.59 Å². The number of carbonyl (C=O) groups excluding carboxylic acids is 1. The molecule has 1 heterocycles. The third-order valence-corrected chi connectivity index (χ3v) is 2.98. The van der Waals surface area contributed by atoms with E-state index in [0.717, 1.165) is 29.0 Å². The van der Waals surface area contributed by atoms with Crippen molar-refractivity contribution in [3.8, 4) is 5.75 Å². The Labute approximate surface area is 129 Å². The maximum atomic E-state index is 13.5. The Morgan fingerprint density at radius 3 is 2.65 bits per heavy atom. The van der Waals surface area contributed by atoms with Gasteiger partial charge in [-0.05, 0) is 18.2 Å². The molecule has 1 amide bonds. The summed E-state index contributed by atoms with van der Waals surface area (Å²) in [6.45, 7) is -0.395. The zero-order valence-corrected chi connectivity index (χ0v) is 12.1. The Morgan fingerprint density at radius 2 is 2.04 bits per heavy atom. The zero-order chi connectivity index (χ0) is 17.0. The number of carbonyl (C=O) groups is 2. The minimum absolute atomic E-state index is 0.0355. The molecule has 1 aromatic heterocycles. The Morgan fingerprint density at radius 1 is 1.30 bits per heavy atom. The second-order valence-corrected chi connectivity index (χ2v) is 4.59. The molecule has 120 valence electrons. The fourth-order valence-corrected chi connectivity index (χ4v) is 1.88. The van der Waals surface area contributed by atoms with Crippen LogP contribution in [0.3, 0.4) is 0 Å². The number of nitrogens with one attached hydrogen (secondary N) is 1. The normalized spacial score (nSPS) is 10.2. The molecule has 23 heavy (non-hydrogen) atoms. The van der Waals surface area contributed by atoms with Gasteiger partial charge in [0.2, 0.25) is 5.91 Å². The molecular formula is C15H13FN2O5. The molecule has 2 rings (SSSR count). The molecule has 0 fully saturated rings. The summed E-state index contributed by atoms with van der Waals surface area (Å²) in [6, 6.07) is 6.08. The molecule has 0 saturated heterocycles. The minimum atomic E-state index is -1.21. The van der Waals surface area contributed by atoms with Gasteiger partial charge in [0.15, 0.2) is 11.6 Å². The summed E-state index contributed by atoms with van der Waals surface area (Å²) in [5, 5.41) is 11.3. The van der Waals surface area contributed by atoms with Crippen molar-refractivity contribution >= 4 is 17.6 Å². The minimum Gasteiger partial charge on any atom is -0.494 e. The third kappa shape index (κ3) is 3.94. The monoisotopic (exact) mass is 320 g/mol. The lowest BCUT2D eigenvalue weighted by atomic mass is 10.2. The van der Waals surface area contributed by atoms with Crippen molar-refractivity contribution in [1.29, 1.82) is 0 Å². The molecule has 8 heteroatoms. The number of pyridine rings is 1. The van der Waals surface area contributed by atoms with Crippen LogP contribution in [-0.4, -0.2) is 28.7 Å². The molecule has 0 radical (unpaired) electrons. The molecule has 0 aliphatic carbocycles. The Kier molecular flexibility index (Phi) is 4.75. The number of anilines is 1. The van der Waals surface area contributed by atoms with E-state index in [4.69, 9.17) is 9.84 Å². The van der Waals surface area contributed by atoms with Crippen LogP contribution in [0.5, 0.6) is 5.75 Å². The number of hydrogen-bond donors (Lipinski definition) is 2. The van der Waals surface area contributed by atoms with Gasteiger partial charge >= 0.3 is 5.97 Å². The number of aromatic nitrogens is 1. The zero-order valence-electron chi connectivity index (χ0n) is 12.1. The largest absolute Gasteiger partial charge is 0.494 e. The van der Waals surface area contributed by atoms with Gasteiger partial charge in [0.25, 0.3) is 5.56 Å². The highest BCUT2D eigenvalue weighted by atomic mass is 19.1. The van der Waals surface area contributed by atoms with E-state index in [1.165, 1.54) is 19.2 Å². The molecular weight excluding hydrogens is 307 g/mol. The molecule has 1 aromatic carbocycles. The van der Waals surface area contributed by atoms with Crippen molar-refractivity contribution < 1.29 is 23.8 Å². The maximum Gasteiger partial charge on any atom is 0.337 e. The fraction of sp³-hybridized carbons (Fsp3) is 0.133. The lowest BCUT2D eigenvalue weighted by Crippen LogP contribution is -2.27. The van der Waals surface area contributed by atoms with E-state index in [2.05, 4.69) is 5.32 Å².